The molecule has 0 heterocycles. The minimum Gasteiger partial charge on any atom is -0.481 e. The zero-order valence-electron chi connectivity index (χ0n) is 9.48. The smallest absolute Gasteiger partial charge is 0.307 e. The SMILES string of the molecule is CC1C[C@H](C(=O)NCCCO)[C@H](C(=O)O)C1. The number of carbonyl (C=O) groups is 2. The molecule has 0 aromatic heterocycles. The predicted octanol–water partition coefficient (Wildman–Crippen LogP) is 0.232. The Morgan fingerprint density at radius 2 is 1.94 bits per heavy atom. The van der Waals surface area contributed by atoms with Gasteiger partial charge in [-0.25, -0.2) is 0 Å². The summed E-state index contributed by atoms with van der Waals surface area (Å²) in [6.07, 6.45) is 1.72. The number of amides is 1. The maximum absolute atomic E-state index is 11.7. The van der Waals surface area contributed by atoms with Gasteiger partial charge in [0.2, 0.25) is 5.91 Å². The largest absolute Gasteiger partial charge is 0.481 e. The second-order valence-corrected chi connectivity index (χ2v) is 4.50. The van der Waals surface area contributed by atoms with Crippen LogP contribution in [0.15, 0.2) is 0 Å². The topological polar surface area (TPSA) is 86.6 Å². The highest BCUT2D eigenvalue weighted by Crippen LogP contribution is 2.36. The molecule has 0 aromatic carbocycles. The highest BCUT2D eigenvalue weighted by atomic mass is 16.4. The van der Waals surface area contributed by atoms with Gasteiger partial charge >= 0.3 is 5.97 Å². The number of hydrogen-bond acceptors (Lipinski definition) is 3. The number of aliphatic carboxylic acids is 1. The van der Waals surface area contributed by atoms with Gasteiger partial charge in [-0.15, -0.1) is 0 Å². The van der Waals surface area contributed by atoms with Gasteiger partial charge in [0.25, 0.3) is 0 Å². The van der Waals surface area contributed by atoms with Crippen LogP contribution in [0.3, 0.4) is 0 Å². The van der Waals surface area contributed by atoms with Crippen molar-refractivity contribution in [2.24, 2.45) is 17.8 Å². The Kier molecular flexibility index (Phi) is 4.73. The van der Waals surface area contributed by atoms with Crippen LogP contribution < -0.4 is 5.32 Å². The van der Waals surface area contributed by atoms with E-state index in [1.807, 2.05) is 6.92 Å². The first kappa shape index (κ1) is 13.0. The lowest BCUT2D eigenvalue weighted by molar-refractivity contribution is -0.146. The van der Waals surface area contributed by atoms with Gasteiger partial charge in [-0.2, -0.15) is 0 Å². The molecule has 5 nitrogen and oxygen atoms in total. The molecular weight excluding hydrogens is 210 g/mol. The molecule has 1 aliphatic rings. The number of carbonyl (C=O) groups excluding carboxylic acids is 1. The Bertz CT molecular complexity index is 267. The van der Waals surface area contributed by atoms with E-state index >= 15 is 0 Å². The minimum absolute atomic E-state index is 0.0315. The fourth-order valence-corrected chi connectivity index (χ4v) is 2.28. The number of nitrogens with one attached hydrogen (secondary N) is 1. The molecule has 1 amide bonds. The van der Waals surface area contributed by atoms with Crippen molar-refractivity contribution in [3.8, 4) is 0 Å². The van der Waals surface area contributed by atoms with Gasteiger partial charge in [-0.05, 0) is 25.2 Å². The third kappa shape index (κ3) is 3.20. The van der Waals surface area contributed by atoms with Crippen LogP contribution in [0.4, 0.5) is 0 Å². The van der Waals surface area contributed by atoms with Crippen LogP contribution in [0.25, 0.3) is 0 Å². The first-order chi connectivity index (χ1) is 7.56. The number of carboxylic acid groups (broad SMARTS) is 1. The van der Waals surface area contributed by atoms with E-state index in [9.17, 15) is 9.59 Å². The van der Waals surface area contributed by atoms with E-state index in [0.29, 0.717) is 25.8 Å². The van der Waals surface area contributed by atoms with Gasteiger partial charge in [-0.3, -0.25) is 9.59 Å². The first-order valence-corrected chi connectivity index (χ1v) is 5.67. The van der Waals surface area contributed by atoms with Gasteiger partial charge in [-0.1, -0.05) is 6.92 Å². The predicted molar refractivity (Wildman–Crippen MR) is 57.7 cm³/mol. The van der Waals surface area contributed by atoms with Crippen molar-refractivity contribution >= 4 is 11.9 Å². The number of aliphatic hydroxyl groups is 1. The summed E-state index contributed by atoms with van der Waals surface area (Å²) in [7, 11) is 0. The molecule has 92 valence electrons. The number of rotatable bonds is 5. The van der Waals surface area contributed by atoms with Gasteiger partial charge in [0, 0.05) is 13.2 Å². The number of aliphatic hydroxyl groups excluding tert-OH is 1. The van der Waals surface area contributed by atoms with Crippen molar-refractivity contribution in [2.45, 2.75) is 26.2 Å². The molecule has 1 fully saturated rings. The Balaban J connectivity index is 2.50. The molecule has 3 atom stereocenters. The number of hydrogen-bond donors (Lipinski definition) is 3. The Morgan fingerprint density at radius 1 is 1.31 bits per heavy atom. The van der Waals surface area contributed by atoms with E-state index in [0.717, 1.165) is 0 Å². The lowest BCUT2D eigenvalue weighted by atomic mass is 9.95. The van der Waals surface area contributed by atoms with Gasteiger partial charge in [0.15, 0.2) is 0 Å². The average molecular weight is 229 g/mol. The van der Waals surface area contributed by atoms with Crippen LogP contribution in [0, 0.1) is 17.8 Å². The third-order valence-electron chi connectivity index (χ3n) is 3.09. The zero-order valence-corrected chi connectivity index (χ0v) is 9.48. The fraction of sp³-hybridized carbons (Fsp3) is 0.818. The standard InChI is InChI=1S/C11H19NO4/c1-7-5-8(9(6-7)11(15)16)10(14)12-3-2-4-13/h7-9,13H,2-6H2,1H3,(H,12,14)(H,15,16)/t7?,8-,9+/m0/s1. The van der Waals surface area contributed by atoms with Crippen LogP contribution >= 0.6 is 0 Å². The zero-order chi connectivity index (χ0) is 12.1. The maximum Gasteiger partial charge on any atom is 0.307 e. The second-order valence-electron chi connectivity index (χ2n) is 4.50. The maximum atomic E-state index is 11.7. The Morgan fingerprint density at radius 3 is 2.50 bits per heavy atom. The van der Waals surface area contributed by atoms with E-state index in [2.05, 4.69) is 5.32 Å². The summed E-state index contributed by atoms with van der Waals surface area (Å²) in [4.78, 5) is 22.7. The van der Waals surface area contributed by atoms with E-state index in [1.165, 1.54) is 0 Å². The van der Waals surface area contributed by atoms with E-state index < -0.39 is 17.8 Å². The normalized spacial score (nSPS) is 29.0. The van der Waals surface area contributed by atoms with Gasteiger partial charge < -0.3 is 15.5 Å². The van der Waals surface area contributed by atoms with Gasteiger partial charge in [0.1, 0.15) is 0 Å². The average Bonchev–Trinajstić information content (AvgIpc) is 2.61. The van der Waals surface area contributed by atoms with Crippen LogP contribution in [0.2, 0.25) is 0 Å². The molecule has 0 bridgehead atoms. The van der Waals surface area contributed by atoms with E-state index in [4.69, 9.17) is 10.2 Å². The molecule has 16 heavy (non-hydrogen) atoms. The summed E-state index contributed by atoms with van der Waals surface area (Å²) in [6, 6.07) is 0. The Hall–Kier alpha value is -1.10. The highest BCUT2D eigenvalue weighted by molar-refractivity contribution is 5.85. The molecule has 3 N–H and O–H groups in total. The molecule has 0 radical (unpaired) electrons. The summed E-state index contributed by atoms with van der Waals surface area (Å²) in [6.45, 7) is 2.41. The molecule has 0 aliphatic heterocycles. The van der Waals surface area contributed by atoms with Crippen molar-refractivity contribution in [1.29, 1.82) is 0 Å². The molecule has 1 saturated carbocycles. The summed E-state index contributed by atoms with van der Waals surface area (Å²) < 4.78 is 0. The molecule has 1 aliphatic carbocycles. The second kappa shape index (κ2) is 5.84. The fourth-order valence-electron chi connectivity index (χ4n) is 2.28. The van der Waals surface area contributed by atoms with Crippen LogP contribution in [-0.2, 0) is 9.59 Å². The molecule has 0 aromatic rings. The molecule has 0 saturated heterocycles. The molecule has 5 heteroatoms. The van der Waals surface area contributed by atoms with Crippen molar-refractivity contribution < 1.29 is 19.8 Å². The molecule has 1 rings (SSSR count). The Labute approximate surface area is 94.8 Å². The molecular formula is C11H19NO4. The molecule has 0 spiro atoms. The highest BCUT2D eigenvalue weighted by Gasteiger charge is 2.40. The quantitative estimate of drug-likeness (QED) is 0.589. The third-order valence-corrected chi connectivity index (χ3v) is 3.09. The summed E-state index contributed by atoms with van der Waals surface area (Å²) >= 11 is 0. The lowest BCUT2D eigenvalue weighted by Gasteiger charge is -2.15. The number of carboxylic acids is 1. The van der Waals surface area contributed by atoms with Crippen LogP contribution in [0.5, 0.6) is 0 Å². The summed E-state index contributed by atoms with van der Waals surface area (Å²) in [5, 5.41) is 20.3. The molecule has 1 unspecified atom stereocenters. The van der Waals surface area contributed by atoms with Crippen molar-refractivity contribution in [2.75, 3.05) is 13.2 Å². The summed E-state index contributed by atoms with van der Waals surface area (Å²) in [5.41, 5.74) is 0. The first-order valence-electron chi connectivity index (χ1n) is 5.67. The van der Waals surface area contributed by atoms with Gasteiger partial charge in [0.05, 0.1) is 11.8 Å². The van der Waals surface area contributed by atoms with Crippen molar-refractivity contribution in [3.63, 3.8) is 0 Å². The minimum atomic E-state index is -0.883. The van der Waals surface area contributed by atoms with Crippen LogP contribution in [-0.4, -0.2) is 35.2 Å². The monoisotopic (exact) mass is 229 g/mol. The van der Waals surface area contributed by atoms with E-state index in [-0.39, 0.29) is 18.4 Å². The van der Waals surface area contributed by atoms with Crippen LogP contribution in [0.1, 0.15) is 26.2 Å². The lowest BCUT2D eigenvalue weighted by Crippen LogP contribution is -2.35. The van der Waals surface area contributed by atoms with Crippen molar-refractivity contribution in [1.82, 2.24) is 5.32 Å². The summed E-state index contributed by atoms with van der Waals surface area (Å²) in [5.74, 6) is -1.75. The van der Waals surface area contributed by atoms with E-state index in [1.54, 1.807) is 0 Å². The van der Waals surface area contributed by atoms with Crippen molar-refractivity contribution in [3.05, 3.63) is 0 Å².